The van der Waals surface area contributed by atoms with E-state index in [4.69, 9.17) is 5.73 Å². The van der Waals surface area contributed by atoms with E-state index in [2.05, 4.69) is 0 Å². The average molecular weight is 250 g/mol. The lowest BCUT2D eigenvalue weighted by molar-refractivity contribution is -0.301. The first-order valence-electron chi connectivity index (χ1n) is 4.10. The second-order valence-corrected chi connectivity index (χ2v) is 3.93. The van der Waals surface area contributed by atoms with Crippen molar-refractivity contribution in [2.45, 2.75) is 11.1 Å². The van der Waals surface area contributed by atoms with Crippen molar-refractivity contribution in [2.24, 2.45) is 0 Å². The molecule has 0 aliphatic heterocycles. The van der Waals surface area contributed by atoms with Gasteiger partial charge >= 0.3 is 6.18 Å². The molecule has 0 heterocycles. The third-order valence-corrected chi connectivity index (χ3v) is 2.75. The van der Waals surface area contributed by atoms with Crippen molar-refractivity contribution in [3.8, 4) is 0 Å². The molecular formula is C9H7F3NO2S-. The zero-order valence-corrected chi connectivity index (χ0v) is 8.69. The molecule has 0 aromatic heterocycles. The Morgan fingerprint density at radius 3 is 2.50 bits per heavy atom. The van der Waals surface area contributed by atoms with Gasteiger partial charge in [0.15, 0.2) is 0 Å². The highest BCUT2D eigenvalue weighted by molar-refractivity contribution is 8.00. The molecular weight excluding hydrogens is 243 g/mol. The van der Waals surface area contributed by atoms with Crippen molar-refractivity contribution in [1.82, 2.24) is 0 Å². The van der Waals surface area contributed by atoms with Gasteiger partial charge < -0.3 is 15.6 Å². The summed E-state index contributed by atoms with van der Waals surface area (Å²) in [5.74, 6) is -1.65. The first kappa shape index (κ1) is 12.7. The van der Waals surface area contributed by atoms with Crippen LogP contribution in [0.3, 0.4) is 0 Å². The molecule has 0 amide bonds. The molecule has 88 valence electrons. The number of alkyl halides is 3. The lowest BCUT2D eigenvalue weighted by Gasteiger charge is -2.10. The standard InChI is InChI=1S/C9H8F3NO2S/c10-9(11,12)5-1-2-7(6(13)3-5)16-4-8(14)15/h1-3H,4,13H2,(H,14,15)/p-1. The fourth-order valence-electron chi connectivity index (χ4n) is 0.993. The molecule has 0 saturated carbocycles. The Labute approximate surface area is 93.4 Å². The Kier molecular flexibility index (Phi) is 3.69. The highest BCUT2D eigenvalue weighted by Gasteiger charge is 2.30. The minimum Gasteiger partial charge on any atom is -0.549 e. The average Bonchev–Trinajstić information content (AvgIpc) is 2.14. The molecule has 0 aliphatic rings. The Morgan fingerprint density at radius 2 is 2.06 bits per heavy atom. The fraction of sp³-hybridized carbons (Fsp3) is 0.222. The molecule has 16 heavy (non-hydrogen) atoms. The number of nitrogens with two attached hydrogens (primary N) is 1. The number of carbonyl (C=O) groups is 1. The highest BCUT2D eigenvalue weighted by Crippen LogP contribution is 2.34. The lowest BCUT2D eigenvalue weighted by atomic mass is 10.2. The van der Waals surface area contributed by atoms with Gasteiger partial charge in [0.1, 0.15) is 0 Å². The van der Waals surface area contributed by atoms with Gasteiger partial charge in [0.2, 0.25) is 0 Å². The molecule has 0 fully saturated rings. The van der Waals surface area contributed by atoms with Crippen LogP contribution in [0.4, 0.5) is 18.9 Å². The summed E-state index contributed by atoms with van der Waals surface area (Å²) in [4.78, 5) is 10.4. The van der Waals surface area contributed by atoms with Crippen molar-refractivity contribution < 1.29 is 23.1 Å². The molecule has 0 aliphatic carbocycles. The molecule has 0 unspecified atom stereocenters. The van der Waals surface area contributed by atoms with Crippen LogP contribution >= 0.6 is 11.8 Å². The van der Waals surface area contributed by atoms with Crippen LogP contribution in [-0.4, -0.2) is 11.7 Å². The zero-order chi connectivity index (χ0) is 12.3. The molecule has 7 heteroatoms. The van der Waals surface area contributed by atoms with Gasteiger partial charge in [0.05, 0.1) is 11.5 Å². The van der Waals surface area contributed by atoms with Crippen LogP contribution in [0.1, 0.15) is 5.56 Å². The van der Waals surface area contributed by atoms with E-state index >= 15 is 0 Å². The van der Waals surface area contributed by atoms with Crippen LogP contribution in [0.15, 0.2) is 23.1 Å². The molecule has 3 nitrogen and oxygen atoms in total. The summed E-state index contributed by atoms with van der Waals surface area (Å²) in [7, 11) is 0. The van der Waals surface area contributed by atoms with E-state index in [1.54, 1.807) is 0 Å². The number of halogens is 3. The summed E-state index contributed by atoms with van der Waals surface area (Å²) >= 11 is 0.820. The van der Waals surface area contributed by atoms with Gasteiger partial charge in [-0.05, 0) is 18.2 Å². The van der Waals surface area contributed by atoms with Crippen molar-refractivity contribution in [3.05, 3.63) is 23.8 Å². The molecule has 0 bridgehead atoms. The van der Waals surface area contributed by atoms with E-state index in [0.717, 1.165) is 30.0 Å². The summed E-state index contributed by atoms with van der Waals surface area (Å²) in [5, 5.41) is 10.2. The molecule has 0 atom stereocenters. The smallest absolute Gasteiger partial charge is 0.416 e. The molecule has 0 radical (unpaired) electrons. The Hall–Kier alpha value is -1.37. The van der Waals surface area contributed by atoms with E-state index in [9.17, 15) is 23.1 Å². The van der Waals surface area contributed by atoms with Gasteiger partial charge in [0.25, 0.3) is 0 Å². The van der Waals surface area contributed by atoms with Gasteiger partial charge in [-0.15, -0.1) is 11.8 Å². The van der Waals surface area contributed by atoms with Crippen LogP contribution in [0.2, 0.25) is 0 Å². The number of benzene rings is 1. The summed E-state index contributed by atoms with van der Waals surface area (Å²) in [6, 6.07) is 2.78. The van der Waals surface area contributed by atoms with E-state index in [0.29, 0.717) is 0 Å². The summed E-state index contributed by atoms with van der Waals surface area (Å²) < 4.78 is 36.7. The first-order valence-corrected chi connectivity index (χ1v) is 5.08. The Bertz CT molecular complexity index is 406. The van der Waals surface area contributed by atoms with Crippen molar-refractivity contribution >= 4 is 23.4 Å². The first-order chi connectivity index (χ1) is 7.30. The van der Waals surface area contributed by atoms with E-state index in [-0.39, 0.29) is 16.3 Å². The summed E-state index contributed by atoms with van der Waals surface area (Å²) in [6.07, 6.45) is -4.45. The minimum absolute atomic E-state index is 0.0962. The number of nitrogen functional groups attached to an aromatic ring is 1. The maximum absolute atomic E-state index is 12.2. The summed E-state index contributed by atoms with van der Waals surface area (Å²) in [6.45, 7) is 0. The second kappa shape index (κ2) is 4.65. The van der Waals surface area contributed by atoms with Gasteiger partial charge in [-0.2, -0.15) is 13.2 Å². The normalized spacial score (nSPS) is 11.4. The number of carboxylic acids is 1. The third-order valence-electron chi connectivity index (χ3n) is 1.68. The summed E-state index contributed by atoms with van der Waals surface area (Å²) in [5.41, 5.74) is 4.42. The van der Waals surface area contributed by atoms with Crippen molar-refractivity contribution in [2.75, 3.05) is 11.5 Å². The van der Waals surface area contributed by atoms with E-state index < -0.39 is 17.7 Å². The van der Waals surface area contributed by atoms with Gasteiger partial charge in [-0.25, -0.2) is 0 Å². The van der Waals surface area contributed by atoms with Crippen LogP contribution in [0.5, 0.6) is 0 Å². The van der Waals surface area contributed by atoms with Crippen LogP contribution in [0, 0.1) is 0 Å². The number of aliphatic carboxylic acids is 1. The monoisotopic (exact) mass is 250 g/mol. The van der Waals surface area contributed by atoms with E-state index in [1.807, 2.05) is 0 Å². The van der Waals surface area contributed by atoms with Crippen LogP contribution in [-0.2, 0) is 11.0 Å². The molecule has 1 aromatic rings. The number of hydrogen-bond acceptors (Lipinski definition) is 4. The highest BCUT2D eigenvalue weighted by atomic mass is 32.2. The maximum Gasteiger partial charge on any atom is 0.416 e. The van der Waals surface area contributed by atoms with Crippen LogP contribution in [0.25, 0.3) is 0 Å². The molecule has 1 aromatic carbocycles. The maximum atomic E-state index is 12.2. The number of hydrogen-bond donors (Lipinski definition) is 1. The van der Waals surface area contributed by atoms with Gasteiger partial charge in [-0.1, -0.05) is 0 Å². The SMILES string of the molecule is Nc1cc(C(F)(F)F)ccc1SCC(=O)[O-]. The quantitative estimate of drug-likeness (QED) is 0.645. The van der Waals surface area contributed by atoms with Gasteiger partial charge in [-0.3, -0.25) is 0 Å². The lowest BCUT2D eigenvalue weighted by Crippen LogP contribution is -2.24. The van der Waals surface area contributed by atoms with Crippen LogP contribution < -0.4 is 10.8 Å². The largest absolute Gasteiger partial charge is 0.549 e. The predicted octanol–water partition coefficient (Wildman–Crippen LogP) is 1.13. The predicted molar refractivity (Wildman–Crippen MR) is 51.6 cm³/mol. The topological polar surface area (TPSA) is 66.2 Å². The zero-order valence-electron chi connectivity index (χ0n) is 7.88. The number of carboxylic acid groups (broad SMARTS) is 1. The molecule has 0 saturated heterocycles. The van der Waals surface area contributed by atoms with Crippen molar-refractivity contribution in [1.29, 1.82) is 0 Å². The van der Waals surface area contributed by atoms with Crippen molar-refractivity contribution in [3.63, 3.8) is 0 Å². The second-order valence-electron chi connectivity index (χ2n) is 2.91. The molecule has 2 N–H and O–H groups in total. The number of anilines is 1. The third kappa shape index (κ3) is 3.34. The minimum atomic E-state index is -4.45. The number of carbonyl (C=O) groups excluding carboxylic acids is 1. The molecule has 0 spiro atoms. The number of rotatable bonds is 3. The number of thioether (sulfide) groups is 1. The molecule has 1 rings (SSSR count). The Morgan fingerprint density at radius 1 is 1.44 bits per heavy atom. The van der Waals surface area contributed by atoms with Gasteiger partial charge in [0, 0.05) is 16.3 Å². The van der Waals surface area contributed by atoms with E-state index in [1.165, 1.54) is 0 Å². The Balaban J connectivity index is 2.88. The fourth-order valence-corrected chi connectivity index (χ4v) is 1.66.